The van der Waals surface area contributed by atoms with Gasteiger partial charge < -0.3 is 24.9 Å². The molecule has 0 atom stereocenters. The second-order valence-corrected chi connectivity index (χ2v) is 10.4. The molecule has 0 unspecified atom stereocenters. The van der Waals surface area contributed by atoms with E-state index in [9.17, 15) is 19.5 Å². The highest BCUT2D eigenvalue weighted by Crippen LogP contribution is 2.29. The van der Waals surface area contributed by atoms with Gasteiger partial charge in [-0.1, -0.05) is 12.1 Å². The monoisotopic (exact) mass is 559 g/mol. The molecule has 0 aliphatic heterocycles. The smallest absolute Gasteiger partial charge is 0.407 e. The Kier molecular flexibility index (Phi) is 9.30. The van der Waals surface area contributed by atoms with Crippen LogP contribution in [-0.4, -0.2) is 50.7 Å². The van der Waals surface area contributed by atoms with Gasteiger partial charge in [-0.3, -0.25) is 19.7 Å². The Morgan fingerprint density at radius 3 is 2.15 bits per heavy atom. The number of carbonyl (C=O) groups is 2. The van der Waals surface area contributed by atoms with Gasteiger partial charge in [0.15, 0.2) is 0 Å². The topological polar surface area (TPSA) is 147 Å². The molecule has 0 aliphatic rings. The van der Waals surface area contributed by atoms with Crippen molar-refractivity contribution >= 4 is 23.0 Å². The van der Waals surface area contributed by atoms with Crippen LogP contribution in [0.4, 0.5) is 4.79 Å². The standard InChI is InChI=1S/C30H33N5O6/c1-30(2,3)41-29(39)34-15-14-33-27(37)23-16-20-10-11-25(36)24(26(20)40-28(23)38)19-35(17-21-8-4-6-12-31-21)18-22-9-5-7-13-32-22/h4-13,16,36H,14-15,17-19H2,1-3H3,(H,33,37)(H,34,39). The molecule has 11 heteroatoms. The minimum atomic E-state index is -0.844. The number of amides is 2. The average Bonchev–Trinajstić information content (AvgIpc) is 2.92. The van der Waals surface area contributed by atoms with E-state index in [1.807, 2.05) is 41.3 Å². The van der Waals surface area contributed by atoms with Gasteiger partial charge in [-0.25, -0.2) is 9.59 Å². The maximum Gasteiger partial charge on any atom is 0.407 e. The third-order valence-corrected chi connectivity index (χ3v) is 5.91. The first-order chi connectivity index (χ1) is 19.6. The fraction of sp³-hybridized carbons (Fsp3) is 0.300. The molecule has 2 amide bonds. The van der Waals surface area contributed by atoms with Crippen molar-refractivity contribution in [2.24, 2.45) is 0 Å². The number of hydrogen-bond acceptors (Lipinski definition) is 9. The van der Waals surface area contributed by atoms with Crippen molar-refractivity contribution in [3.05, 3.63) is 99.9 Å². The summed E-state index contributed by atoms with van der Waals surface area (Å²) < 4.78 is 10.8. The van der Waals surface area contributed by atoms with E-state index in [-0.39, 0.29) is 36.5 Å². The molecule has 11 nitrogen and oxygen atoms in total. The summed E-state index contributed by atoms with van der Waals surface area (Å²) in [5, 5.41) is 16.4. The van der Waals surface area contributed by atoms with E-state index in [1.165, 1.54) is 12.1 Å². The Balaban J connectivity index is 1.52. The Labute approximate surface area is 237 Å². The zero-order valence-electron chi connectivity index (χ0n) is 23.2. The summed E-state index contributed by atoms with van der Waals surface area (Å²) in [5.41, 5.74) is 0.561. The fourth-order valence-electron chi connectivity index (χ4n) is 4.13. The molecule has 0 spiro atoms. The lowest BCUT2D eigenvalue weighted by atomic mass is 10.1. The van der Waals surface area contributed by atoms with Crippen molar-refractivity contribution in [1.82, 2.24) is 25.5 Å². The third-order valence-electron chi connectivity index (χ3n) is 5.91. The number of hydrogen-bond donors (Lipinski definition) is 3. The van der Waals surface area contributed by atoms with Crippen LogP contribution < -0.4 is 16.3 Å². The molecule has 1 aromatic carbocycles. The number of carbonyl (C=O) groups excluding carboxylic acids is 2. The SMILES string of the molecule is CC(C)(C)OC(=O)NCCNC(=O)c1cc2ccc(O)c(CN(Cc3ccccn3)Cc3ccccn3)c2oc1=O. The molecule has 0 saturated carbocycles. The number of alkyl carbamates (subject to hydrolysis) is 1. The van der Waals surface area contributed by atoms with E-state index >= 15 is 0 Å². The van der Waals surface area contributed by atoms with Gasteiger partial charge in [0, 0.05) is 50.5 Å². The Morgan fingerprint density at radius 1 is 0.927 bits per heavy atom. The van der Waals surface area contributed by atoms with Crippen LogP contribution in [0.25, 0.3) is 11.0 Å². The molecule has 3 heterocycles. The number of phenols is 1. The summed E-state index contributed by atoms with van der Waals surface area (Å²) in [4.78, 5) is 48.2. The van der Waals surface area contributed by atoms with Gasteiger partial charge in [0.2, 0.25) is 0 Å². The third kappa shape index (κ3) is 8.36. The van der Waals surface area contributed by atoms with E-state index in [1.54, 1.807) is 39.2 Å². The number of aromatic nitrogens is 2. The highest BCUT2D eigenvalue weighted by atomic mass is 16.6. The Bertz CT molecular complexity index is 1510. The number of nitrogens with zero attached hydrogens (tertiary/aromatic N) is 3. The van der Waals surface area contributed by atoms with Gasteiger partial charge in [0.25, 0.3) is 5.91 Å². The van der Waals surface area contributed by atoms with Gasteiger partial charge in [0.1, 0.15) is 22.5 Å². The predicted molar refractivity (Wildman–Crippen MR) is 152 cm³/mol. The van der Waals surface area contributed by atoms with E-state index in [0.29, 0.717) is 24.0 Å². The number of ether oxygens (including phenoxy) is 1. The molecule has 0 radical (unpaired) electrons. The van der Waals surface area contributed by atoms with Crippen LogP contribution in [0, 0.1) is 0 Å². The molecular weight excluding hydrogens is 526 g/mol. The van der Waals surface area contributed by atoms with Crippen LogP contribution in [0.1, 0.15) is 48.1 Å². The molecular formula is C30H33N5O6. The second-order valence-electron chi connectivity index (χ2n) is 10.4. The summed E-state index contributed by atoms with van der Waals surface area (Å²) in [6, 6.07) is 15.8. The van der Waals surface area contributed by atoms with Crippen LogP contribution in [0.5, 0.6) is 5.75 Å². The van der Waals surface area contributed by atoms with Gasteiger partial charge in [-0.05, 0) is 63.2 Å². The molecule has 0 bridgehead atoms. The average molecular weight is 560 g/mol. The number of benzene rings is 1. The summed E-state index contributed by atoms with van der Waals surface area (Å²) in [5.74, 6) is -0.689. The largest absolute Gasteiger partial charge is 0.507 e. The zero-order chi connectivity index (χ0) is 29.4. The normalized spacial score (nSPS) is 11.4. The van der Waals surface area contributed by atoms with Gasteiger partial charge in [0.05, 0.1) is 17.0 Å². The van der Waals surface area contributed by atoms with Crippen molar-refractivity contribution in [2.75, 3.05) is 13.1 Å². The summed E-state index contributed by atoms with van der Waals surface area (Å²) in [6.45, 7) is 6.56. The van der Waals surface area contributed by atoms with Crippen LogP contribution in [0.2, 0.25) is 0 Å². The lowest BCUT2D eigenvalue weighted by Gasteiger charge is -2.22. The lowest BCUT2D eigenvalue weighted by Crippen LogP contribution is -2.38. The molecule has 4 aromatic rings. The van der Waals surface area contributed by atoms with Gasteiger partial charge in [-0.2, -0.15) is 0 Å². The molecule has 41 heavy (non-hydrogen) atoms. The van der Waals surface area contributed by atoms with E-state index in [2.05, 4.69) is 20.6 Å². The van der Waals surface area contributed by atoms with Crippen LogP contribution in [-0.2, 0) is 24.4 Å². The van der Waals surface area contributed by atoms with E-state index in [0.717, 1.165) is 11.4 Å². The Hall–Kier alpha value is -4.77. The molecule has 4 rings (SSSR count). The maximum absolute atomic E-state index is 12.9. The summed E-state index contributed by atoms with van der Waals surface area (Å²) in [6.07, 6.45) is 2.82. The van der Waals surface area contributed by atoms with Gasteiger partial charge in [-0.15, -0.1) is 0 Å². The summed E-state index contributed by atoms with van der Waals surface area (Å²) >= 11 is 0. The first-order valence-electron chi connectivity index (χ1n) is 13.1. The van der Waals surface area contributed by atoms with Crippen molar-refractivity contribution in [1.29, 1.82) is 0 Å². The fourth-order valence-corrected chi connectivity index (χ4v) is 4.13. The lowest BCUT2D eigenvalue weighted by molar-refractivity contribution is 0.0526. The van der Waals surface area contributed by atoms with Gasteiger partial charge >= 0.3 is 11.7 Å². The van der Waals surface area contributed by atoms with Crippen molar-refractivity contribution < 1.29 is 23.8 Å². The number of phenolic OH excluding ortho intramolecular Hbond substituents is 1. The van der Waals surface area contributed by atoms with Crippen molar-refractivity contribution in [2.45, 2.75) is 46.0 Å². The highest BCUT2D eigenvalue weighted by molar-refractivity contribution is 5.97. The minimum absolute atomic E-state index is 0.0434. The molecule has 3 aromatic heterocycles. The summed E-state index contributed by atoms with van der Waals surface area (Å²) in [7, 11) is 0. The van der Waals surface area contributed by atoms with E-state index in [4.69, 9.17) is 9.15 Å². The Morgan fingerprint density at radius 2 is 1.56 bits per heavy atom. The quantitative estimate of drug-likeness (QED) is 0.195. The molecule has 3 N–H and O–H groups in total. The number of pyridine rings is 2. The molecule has 0 aliphatic carbocycles. The number of fused-ring (bicyclic) bond motifs is 1. The molecule has 0 fully saturated rings. The first kappa shape index (κ1) is 29.2. The van der Waals surface area contributed by atoms with Crippen LogP contribution in [0.3, 0.4) is 0 Å². The minimum Gasteiger partial charge on any atom is -0.507 e. The predicted octanol–water partition coefficient (Wildman–Crippen LogP) is 3.75. The van der Waals surface area contributed by atoms with Crippen molar-refractivity contribution in [3.8, 4) is 5.75 Å². The maximum atomic E-state index is 12.9. The van der Waals surface area contributed by atoms with Crippen LogP contribution in [0.15, 0.2) is 76.2 Å². The number of aromatic hydroxyl groups is 1. The van der Waals surface area contributed by atoms with Crippen LogP contribution >= 0.6 is 0 Å². The zero-order valence-corrected chi connectivity index (χ0v) is 23.2. The first-order valence-corrected chi connectivity index (χ1v) is 13.1. The number of nitrogens with one attached hydrogen (secondary N) is 2. The van der Waals surface area contributed by atoms with E-state index < -0.39 is 23.2 Å². The molecule has 214 valence electrons. The molecule has 0 saturated heterocycles. The number of rotatable bonds is 10. The highest BCUT2D eigenvalue weighted by Gasteiger charge is 2.20. The van der Waals surface area contributed by atoms with Crippen molar-refractivity contribution in [3.63, 3.8) is 0 Å². The second kappa shape index (κ2) is 13.1.